The number of carboxylic acids is 1. The first-order chi connectivity index (χ1) is 9.04. The molecule has 0 aliphatic heterocycles. The van der Waals surface area contributed by atoms with Crippen molar-refractivity contribution in [2.45, 2.75) is 13.3 Å². The van der Waals surface area contributed by atoms with Crippen LogP contribution < -0.4 is 11.0 Å². The lowest BCUT2D eigenvalue weighted by molar-refractivity contribution is -0.136. The number of benzene rings is 1. The van der Waals surface area contributed by atoms with E-state index < -0.39 is 11.7 Å². The summed E-state index contributed by atoms with van der Waals surface area (Å²) in [5, 5.41) is 11.8. The van der Waals surface area contributed by atoms with Crippen LogP contribution in [0.2, 0.25) is 0 Å². The standard InChI is InChI=1S/C13H13N3O3/c1-8-11(7-14-13(19)15-8)16-10-4-2-3-9(5-10)6-12(17)18/h2-5,7,16H,6H2,1H3,(H,17,18)(H,14,15,19). The maximum Gasteiger partial charge on any atom is 0.345 e. The number of aliphatic carboxylic acids is 1. The summed E-state index contributed by atoms with van der Waals surface area (Å²) < 4.78 is 0. The second kappa shape index (κ2) is 5.34. The van der Waals surface area contributed by atoms with E-state index in [2.05, 4.69) is 15.3 Å². The minimum absolute atomic E-state index is 0.0294. The third-order valence-corrected chi connectivity index (χ3v) is 2.57. The number of aryl methyl sites for hydroxylation is 1. The zero-order valence-electron chi connectivity index (χ0n) is 10.3. The van der Waals surface area contributed by atoms with E-state index in [9.17, 15) is 9.59 Å². The van der Waals surface area contributed by atoms with Gasteiger partial charge in [0.25, 0.3) is 0 Å². The summed E-state index contributed by atoms with van der Waals surface area (Å²) in [4.78, 5) is 27.9. The number of nitrogens with zero attached hydrogens (tertiary/aromatic N) is 1. The van der Waals surface area contributed by atoms with E-state index in [0.717, 1.165) is 5.69 Å². The second-order valence-corrected chi connectivity index (χ2v) is 4.12. The molecule has 0 saturated carbocycles. The summed E-state index contributed by atoms with van der Waals surface area (Å²) in [6.07, 6.45) is 1.41. The molecule has 0 spiro atoms. The number of hydrogen-bond acceptors (Lipinski definition) is 4. The van der Waals surface area contributed by atoms with Crippen LogP contribution >= 0.6 is 0 Å². The summed E-state index contributed by atoms with van der Waals surface area (Å²) >= 11 is 0. The van der Waals surface area contributed by atoms with E-state index in [-0.39, 0.29) is 6.42 Å². The Hall–Kier alpha value is -2.63. The first kappa shape index (κ1) is 12.8. The van der Waals surface area contributed by atoms with Gasteiger partial charge in [-0.25, -0.2) is 4.79 Å². The van der Waals surface area contributed by atoms with Crippen LogP contribution in [-0.2, 0) is 11.2 Å². The first-order valence-electron chi connectivity index (χ1n) is 5.68. The maximum atomic E-state index is 11.0. The van der Waals surface area contributed by atoms with Crippen LogP contribution in [0.3, 0.4) is 0 Å². The van der Waals surface area contributed by atoms with Gasteiger partial charge in [0.1, 0.15) is 0 Å². The Balaban J connectivity index is 2.23. The molecule has 1 heterocycles. The topological polar surface area (TPSA) is 95.1 Å². The second-order valence-electron chi connectivity index (χ2n) is 4.12. The minimum atomic E-state index is -0.876. The molecule has 0 aliphatic carbocycles. The Kier molecular flexibility index (Phi) is 3.61. The third-order valence-electron chi connectivity index (χ3n) is 2.57. The van der Waals surface area contributed by atoms with Crippen molar-refractivity contribution in [1.82, 2.24) is 9.97 Å². The fourth-order valence-corrected chi connectivity index (χ4v) is 1.70. The summed E-state index contributed by atoms with van der Waals surface area (Å²) in [5.74, 6) is -0.876. The Bertz CT molecular complexity index is 664. The van der Waals surface area contributed by atoms with E-state index in [1.807, 2.05) is 6.07 Å². The molecule has 2 rings (SSSR count). The van der Waals surface area contributed by atoms with Gasteiger partial charge in [0.05, 0.1) is 18.3 Å². The van der Waals surface area contributed by atoms with Crippen molar-refractivity contribution >= 4 is 17.3 Å². The van der Waals surface area contributed by atoms with Crippen LogP contribution in [0.4, 0.5) is 11.4 Å². The molecule has 1 aromatic carbocycles. The van der Waals surface area contributed by atoms with Gasteiger partial charge in [0, 0.05) is 11.4 Å². The number of carbonyl (C=O) groups is 1. The van der Waals surface area contributed by atoms with Gasteiger partial charge in [-0.15, -0.1) is 0 Å². The largest absolute Gasteiger partial charge is 0.481 e. The average Bonchev–Trinajstić information content (AvgIpc) is 2.32. The first-order valence-corrected chi connectivity index (χ1v) is 5.68. The number of H-pyrrole nitrogens is 1. The van der Waals surface area contributed by atoms with Crippen molar-refractivity contribution in [2.24, 2.45) is 0 Å². The van der Waals surface area contributed by atoms with Gasteiger partial charge in [-0.2, -0.15) is 4.98 Å². The monoisotopic (exact) mass is 259 g/mol. The quantitative estimate of drug-likeness (QED) is 0.772. The Morgan fingerprint density at radius 3 is 2.95 bits per heavy atom. The molecule has 0 unspecified atom stereocenters. The fourth-order valence-electron chi connectivity index (χ4n) is 1.70. The normalized spacial score (nSPS) is 10.2. The summed E-state index contributed by atoms with van der Waals surface area (Å²) in [6.45, 7) is 1.76. The van der Waals surface area contributed by atoms with Crippen molar-refractivity contribution in [3.8, 4) is 0 Å². The molecule has 3 N–H and O–H groups in total. The van der Waals surface area contributed by atoms with Crippen LogP contribution in [0.15, 0.2) is 35.3 Å². The van der Waals surface area contributed by atoms with Gasteiger partial charge >= 0.3 is 11.7 Å². The number of carboxylic acid groups (broad SMARTS) is 1. The highest BCUT2D eigenvalue weighted by atomic mass is 16.4. The maximum absolute atomic E-state index is 11.0. The molecule has 6 heteroatoms. The lowest BCUT2D eigenvalue weighted by Crippen LogP contribution is -2.12. The Labute approximate surface area is 109 Å². The van der Waals surface area contributed by atoms with Crippen molar-refractivity contribution in [2.75, 3.05) is 5.32 Å². The lowest BCUT2D eigenvalue weighted by Gasteiger charge is -2.09. The van der Waals surface area contributed by atoms with Gasteiger partial charge in [0.2, 0.25) is 0 Å². The molecule has 0 radical (unpaired) electrons. The summed E-state index contributed by atoms with van der Waals surface area (Å²) in [7, 11) is 0. The molecular weight excluding hydrogens is 246 g/mol. The Morgan fingerprint density at radius 1 is 1.47 bits per heavy atom. The van der Waals surface area contributed by atoms with Crippen molar-refractivity contribution in [3.05, 3.63) is 52.2 Å². The van der Waals surface area contributed by atoms with Gasteiger partial charge in [-0.3, -0.25) is 4.79 Å². The van der Waals surface area contributed by atoms with E-state index in [1.54, 1.807) is 25.1 Å². The number of aromatic nitrogens is 2. The van der Waals surface area contributed by atoms with Gasteiger partial charge in [0.15, 0.2) is 0 Å². The van der Waals surface area contributed by atoms with E-state index in [4.69, 9.17) is 5.11 Å². The van der Waals surface area contributed by atoms with Crippen LogP contribution in [0.25, 0.3) is 0 Å². The highest BCUT2D eigenvalue weighted by molar-refractivity contribution is 5.71. The highest BCUT2D eigenvalue weighted by Crippen LogP contribution is 2.18. The highest BCUT2D eigenvalue weighted by Gasteiger charge is 2.03. The lowest BCUT2D eigenvalue weighted by atomic mass is 10.1. The zero-order chi connectivity index (χ0) is 13.8. The number of anilines is 2. The number of hydrogen-bond donors (Lipinski definition) is 3. The third kappa shape index (κ3) is 3.41. The molecule has 6 nitrogen and oxygen atoms in total. The number of nitrogens with one attached hydrogen (secondary N) is 2. The van der Waals surface area contributed by atoms with Crippen LogP contribution in [-0.4, -0.2) is 21.0 Å². The predicted octanol–water partition coefficient (Wildman–Crippen LogP) is 1.45. The van der Waals surface area contributed by atoms with Crippen LogP contribution in [0, 0.1) is 6.92 Å². The SMILES string of the molecule is Cc1[nH]c(=O)ncc1Nc1cccc(CC(=O)O)c1. The minimum Gasteiger partial charge on any atom is -0.481 e. The fraction of sp³-hybridized carbons (Fsp3) is 0.154. The molecule has 0 fully saturated rings. The molecule has 2 aromatic rings. The van der Waals surface area contributed by atoms with Crippen molar-refractivity contribution in [3.63, 3.8) is 0 Å². The smallest absolute Gasteiger partial charge is 0.345 e. The van der Waals surface area contributed by atoms with Crippen LogP contribution in [0.5, 0.6) is 0 Å². The van der Waals surface area contributed by atoms with Crippen LogP contribution in [0.1, 0.15) is 11.3 Å². The predicted molar refractivity (Wildman–Crippen MR) is 70.7 cm³/mol. The molecule has 98 valence electrons. The molecular formula is C13H13N3O3. The number of aromatic amines is 1. The van der Waals surface area contributed by atoms with Gasteiger partial charge in [-0.05, 0) is 24.6 Å². The van der Waals surface area contributed by atoms with Gasteiger partial charge < -0.3 is 15.4 Å². The van der Waals surface area contributed by atoms with E-state index in [1.165, 1.54) is 6.20 Å². The van der Waals surface area contributed by atoms with Crippen molar-refractivity contribution in [1.29, 1.82) is 0 Å². The molecule has 1 aromatic heterocycles. The molecule has 0 atom stereocenters. The number of rotatable bonds is 4. The molecule has 0 bridgehead atoms. The molecule has 0 saturated heterocycles. The summed E-state index contributed by atoms with van der Waals surface area (Å²) in [5.41, 5.74) is 2.39. The molecule has 0 amide bonds. The Morgan fingerprint density at radius 2 is 2.26 bits per heavy atom. The van der Waals surface area contributed by atoms with E-state index in [0.29, 0.717) is 16.9 Å². The van der Waals surface area contributed by atoms with Gasteiger partial charge in [-0.1, -0.05) is 12.1 Å². The molecule has 0 aliphatic rings. The average molecular weight is 259 g/mol. The van der Waals surface area contributed by atoms with E-state index >= 15 is 0 Å². The van der Waals surface area contributed by atoms with Crippen molar-refractivity contribution < 1.29 is 9.90 Å². The molecule has 19 heavy (non-hydrogen) atoms. The zero-order valence-corrected chi connectivity index (χ0v) is 10.3. The summed E-state index contributed by atoms with van der Waals surface area (Å²) in [6, 6.07) is 7.08.